The molecule has 0 amide bonds. The van der Waals surface area contributed by atoms with Crippen molar-refractivity contribution in [1.82, 2.24) is 4.90 Å². The van der Waals surface area contributed by atoms with E-state index in [0.29, 0.717) is 12.2 Å². The van der Waals surface area contributed by atoms with E-state index >= 15 is 0 Å². The number of rotatable bonds is 15. The van der Waals surface area contributed by atoms with Gasteiger partial charge in [0.05, 0.1) is 0 Å². The van der Waals surface area contributed by atoms with E-state index in [4.69, 9.17) is 10.1 Å². The predicted octanol–water partition coefficient (Wildman–Crippen LogP) is 8.32. The second-order valence-electron chi connectivity index (χ2n) is 12.0. The van der Waals surface area contributed by atoms with Crippen molar-refractivity contribution in [2.24, 2.45) is 10.8 Å². The fourth-order valence-electron chi connectivity index (χ4n) is 6.17. The number of aryl methyl sites for hydroxylation is 1. The first-order valence-corrected chi connectivity index (χ1v) is 14.2. The average Bonchev–Trinajstić information content (AvgIpc) is 2.82. The monoisotopic (exact) mass is 504 g/mol. The van der Waals surface area contributed by atoms with E-state index in [0.717, 1.165) is 69.6 Å². The number of carbonyl (C=O) groups excluding carboxylic acids is 1. The van der Waals surface area contributed by atoms with Gasteiger partial charge in [0, 0.05) is 37.2 Å². The van der Waals surface area contributed by atoms with Crippen molar-refractivity contribution in [2.45, 2.75) is 99.1 Å². The quantitative estimate of drug-likeness (QED) is 0.248. The van der Waals surface area contributed by atoms with E-state index in [-0.39, 0.29) is 16.9 Å². The van der Waals surface area contributed by atoms with Crippen LogP contribution in [-0.4, -0.2) is 29.5 Å². The van der Waals surface area contributed by atoms with Gasteiger partial charge in [0.25, 0.3) is 0 Å². The smallest absolute Gasteiger partial charge is 0.138 e. The Morgan fingerprint density at radius 3 is 2.49 bits per heavy atom. The lowest BCUT2D eigenvalue weighted by Crippen LogP contribution is -2.54. The maximum absolute atomic E-state index is 12.5. The topological polar surface area (TPSA) is 53.4 Å². The van der Waals surface area contributed by atoms with Gasteiger partial charge < -0.3 is 10.1 Å². The van der Waals surface area contributed by atoms with E-state index in [1.54, 1.807) is 0 Å². The third-order valence-electron chi connectivity index (χ3n) is 7.95. The molecule has 1 aliphatic heterocycles. The van der Waals surface area contributed by atoms with Crippen molar-refractivity contribution in [2.75, 3.05) is 13.1 Å². The molecular weight excluding hydrogens is 456 g/mol. The predicted molar refractivity (Wildman–Crippen MR) is 155 cm³/mol. The summed E-state index contributed by atoms with van der Waals surface area (Å²) in [6.45, 7) is 15.7. The highest BCUT2D eigenvalue weighted by atomic mass is 16.5. The first kappa shape index (κ1) is 29.1. The van der Waals surface area contributed by atoms with Crippen molar-refractivity contribution in [1.29, 1.82) is 5.41 Å². The van der Waals surface area contributed by atoms with Gasteiger partial charge in [-0.15, -0.1) is 0 Å². The summed E-state index contributed by atoms with van der Waals surface area (Å²) in [5.74, 6) is 1.30. The Bertz CT molecular complexity index is 1040. The van der Waals surface area contributed by atoms with E-state index in [9.17, 15) is 4.79 Å². The van der Waals surface area contributed by atoms with Crippen LogP contribution < -0.4 is 4.74 Å². The fourth-order valence-corrected chi connectivity index (χ4v) is 6.17. The van der Waals surface area contributed by atoms with Crippen molar-refractivity contribution in [3.05, 3.63) is 65.2 Å². The number of hydrogen-bond acceptors (Lipinski definition) is 4. The summed E-state index contributed by atoms with van der Waals surface area (Å²) in [6.07, 6.45) is 6.12. The van der Waals surface area contributed by atoms with Gasteiger partial charge in [0.15, 0.2) is 0 Å². The van der Waals surface area contributed by atoms with E-state index in [2.05, 4.69) is 69.9 Å². The number of likely N-dealkylation sites (tertiary alicyclic amines) is 1. The number of benzene rings is 2. The Balaban J connectivity index is 1.47. The van der Waals surface area contributed by atoms with Crippen molar-refractivity contribution >= 4 is 11.5 Å². The van der Waals surface area contributed by atoms with Crippen LogP contribution in [0.4, 0.5) is 0 Å². The van der Waals surface area contributed by atoms with Gasteiger partial charge in [-0.2, -0.15) is 0 Å². The highest BCUT2D eigenvalue weighted by Gasteiger charge is 2.39. The minimum Gasteiger partial charge on any atom is -0.486 e. The van der Waals surface area contributed by atoms with Crippen molar-refractivity contribution in [3.8, 4) is 5.75 Å². The summed E-state index contributed by atoms with van der Waals surface area (Å²) in [5, 5.41) is 8.60. The van der Waals surface area contributed by atoms with Crippen LogP contribution in [0.1, 0.15) is 102 Å². The number of hydrogen-bond donors (Lipinski definition) is 1. The summed E-state index contributed by atoms with van der Waals surface area (Å²) in [5.41, 5.74) is 4.48. The molecule has 37 heavy (non-hydrogen) atoms. The largest absolute Gasteiger partial charge is 0.486 e. The molecule has 0 radical (unpaired) electrons. The van der Waals surface area contributed by atoms with Gasteiger partial charge in [-0.3, -0.25) is 9.69 Å². The third kappa shape index (κ3) is 8.26. The van der Waals surface area contributed by atoms with Crippen LogP contribution in [-0.2, 0) is 11.3 Å². The number of carbonyl (C=O) groups is 1. The first-order chi connectivity index (χ1) is 17.6. The summed E-state index contributed by atoms with van der Waals surface area (Å²) >= 11 is 0. The number of ketones is 1. The Kier molecular flexibility index (Phi) is 10.1. The van der Waals surface area contributed by atoms with Crippen molar-refractivity contribution < 1.29 is 9.53 Å². The molecule has 1 saturated heterocycles. The SMILES string of the molecule is CCCC(C)(CCCC(=N)CC1(C)CN(Cc2cc(C)cc(OC(C)c3ccccc3)c2)C1)C(=O)CC. The van der Waals surface area contributed by atoms with Crippen LogP contribution in [0.15, 0.2) is 48.5 Å². The van der Waals surface area contributed by atoms with E-state index in [1.807, 2.05) is 25.1 Å². The van der Waals surface area contributed by atoms with Gasteiger partial charge >= 0.3 is 0 Å². The second kappa shape index (κ2) is 12.9. The van der Waals surface area contributed by atoms with Gasteiger partial charge in [0.1, 0.15) is 17.6 Å². The number of nitrogens with zero attached hydrogens (tertiary/aromatic N) is 1. The molecule has 0 aromatic heterocycles. The van der Waals surface area contributed by atoms with E-state index < -0.39 is 0 Å². The zero-order chi connectivity index (χ0) is 27.1. The van der Waals surface area contributed by atoms with Crippen LogP contribution in [0, 0.1) is 23.2 Å². The maximum atomic E-state index is 12.5. The zero-order valence-electron chi connectivity index (χ0n) is 24.0. The van der Waals surface area contributed by atoms with Crippen molar-refractivity contribution in [3.63, 3.8) is 0 Å². The Hall–Kier alpha value is -2.46. The summed E-state index contributed by atoms with van der Waals surface area (Å²) in [6, 6.07) is 16.9. The zero-order valence-corrected chi connectivity index (χ0v) is 24.0. The average molecular weight is 505 g/mol. The van der Waals surface area contributed by atoms with Crippen LogP contribution in [0.5, 0.6) is 5.75 Å². The molecular formula is C33H48N2O2. The molecule has 1 N–H and O–H groups in total. The first-order valence-electron chi connectivity index (χ1n) is 14.2. The summed E-state index contributed by atoms with van der Waals surface area (Å²) in [4.78, 5) is 14.9. The minimum absolute atomic E-state index is 0.00842. The summed E-state index contributed by atoms with van der Waals surface area (Å²) in [7, 11) is 0. The van der Waals surface area contributed by atoms with Gasteiger partial charge in [-0.25, -0.2) is 0 Å². The normalized spacial score (nSPS) is 17.5. The Morgan fingerprint density at radius 1 is 1.14 bits per heavy atom. The number of ether oxygens (including phenoxy) is 1. The maximum Gasteiger partial charge on any atom is 0.138 e. The molecule has 1 aliphatic rings. The molecule has 0 bridgehead atoms. The number of nitrogens with one attached hydrogen (secondary N) is 1. The fraction of sp³-hybridized carbons (Fsp3) is 0.576. The molecule has 2 atom stereocenters. The van der Waals surface area contributed by atoms with Crippen LogP contribution >= 0.6 is 0 Å². The molecule has 2 unspecified atom stereocenters. The highest BCUT2D eigenvalue weighted by Crippen LogP contribution is 2.37. The van der Waals surface area contributed by atoms with E-state index in [1.165, 1.54) is 16.7 Å². The molecule has 4 nitrogen and oxygen atoms in total. The van der Waals surface area contributed by atoms with Gasteiger partial charge in [0.2, 0.25) is 0 Å². The Labute approximate surface area is 225 Å². The van der Waals surface area contributed by atoms with Gasteiger partial charge in [-0.1, -0.05) is 70.5 Å². The number of Topliss-reactive ketones (excluding diaryl/α,β-unsaturated/α-hetero) is 1. The summed E-state index contributed by atoms with van der Waals surface area (Å²) < 4.78 is 6.28. The lowest BCUT2D eigenvalue weighted by molar-refractivity contribution is -0.128. The molecule has 0 spiro atoms. The molecule has 0 aliphatic carbocycles. The van der Waals surface area contributed by atoms with Crippen LogP contribution in [0.3, 0.4) is 0 Å². The second-order valence-corrected chi connectivity index (χ2v) is 12.0. The molecule has 1 fully saturated rings. The van der Waals surface area contributed by atoms with Crippen LogP contribution in [0.2, 0.25) is 0 Å². The Morgan fingerprint density at radius 2 is 1.84 bits per heavy atom. The molecule has 202 valence electrons. The standard InChI is InChI=1S/C33H48N2O2/c1-7-16-33(6,31(36)8-2)17-12-15-29(34)21-32(5)23-35(24-32)22-27-18-25(3)19-30(20-27)37-26(4)28-13-10-9-11-14-28/h9-11,13-14,18-20,26,34H,7-8,12,15-17,21-24H2,1-6H3. The molecule has 0 saturated carbocycles. The highest BCUT2D eigenvalue weighted by molar-refractivity contribution is 5.84. The van der Waals surface area contributed by atoms with Gasteiger partial charge in [-0.05, 0) is 80.2 Å². The lowest BCUT2D eigenvalue weighted by Gasteiger charge is -2.48. The minimum atomic E-state index is -0.212. The molecule has 2 aromatic rings. The molecule has 1 heterocycles. The third-order valence-corrected chi connectivity index (χ3v) is 7.95. The van der Waals surface area contributed by atoms with Crippen LogP contribution in [0.25, 0.3) is 0 Å². The molecule has 4 heteroatoms. The molecule has 3 rings (SSSR count). The molecule has 2 aromatic carbocycles. The lowest BCUT2D eigenvalue weighted by atomic mass is 9.74.